The first-order valence-corrected chi connectivity index (χ1v) is 11.1. The molecule has 1 aliphatic rings. The van der Waals surface area contributed by atoms with Crippen molar-refractivity contribution in [3.8, 4) is 0 Å². The van der Waals surface area contributed by atoms with Crippen LogP contribution in [-0.2, 0) is 4.79 Å². The number of halogens is 1. The number of hydrogen-bond donors (Lipinski definition) is 3. The number of amides is 1. The van der Waals surface area contributed by atoms with Crippen molar-refractivity contribution < 1.29 is 4.79 Å². The maximum Gasteiger partial charge on any atom is 0.242 e. The van der Waals surface area contributed by atoms with Gasteiger partial charge in [0.2, 0.25) is 5.91 Å². The summed E-state index contributed by atoms with van der Waals surface area (Å²) >= 11 is 0. The Hall–Kier alpha value is -1.55. The zero-order valence-electron chi connectivity index (χ0n) is 20.0. The van der Waals surface area contributed by atoms with Gasteiger partial charge in [-0.15, -0.1) is 24.0 Å². The average molecular weight is 545 g/mol. The van der Waals surface area contributed by atoms with E-state index < -0.39 is 0 Å². The third kappa shape index (κ3) is 9.64. The van der Waals surface area contributed by atoms with Crippen LogP contribution in [0.1, 0.15) is 38.8 Å². The largest absolute Gasteiger partial charge is 0.369 e. The zero-order valence-corrected chi connectivity index (χ0v) is 22.4. The van der Waals surface area contributed by atoms with Gasteiger partial charge < -0.3 is 20.9 Å². The molecule has 7 nitrogen and oxygen atoms in total. The molecule has 8 heteroatoms. The molecular formula is C23H41IN6O. The highest BCUT2D eigenvalue weighted by Crippen LogP contribution is 2.23. The number of carbonyl (C=O) groups is 1. The molecule has 2 rings (SSSR count). The highest BCUT2D eigenvalue weighted by atomic mass is 127. The molecule has 1 aromatic carbocycles. The Bertz CT molecular complexity index is 723. The van der Waals surface area contributed by atoms with Gasteiger partial charge in [-0.2, -0.15) is 0 Å². The Morgan fingerprint density at radius 3 is 2.39 bits per heavy atom. The maximum absolute atomic E-state index is 12.0. The van der Waals surface area contributed by atoms with Gasteiger partial charge in [0.25, 0.3) is 0 Å². The Labute approximate surface area is 205 Å². The molecule has 1 heterocycles. The average Bonchev–Trinajstić information content (AvgIpc) is 2.67. The number of aryl methyl sites for hydroxylation is 1. The summed E-state index contributed by atoms with van der Waals surface area (Å²) in [5.41, 5.74) is 3.86. The van der Waals surface area contributed by atoms with Crippen LogP contribution in [-0.4, -0.2) is 74.7 Å². The normalized spacial score (nSPS) is 15.3. The molecule has 0 spiro atoms. The fraction of sp³-hybridized carbons (Fsp3) is 0.652. The van der Waals surface area contributed by atoms with Gasteiger partial charge in [0.05, 0.1) is 0 Å². The SMILES string of the molecule is CCNC(=NCC(=O)NC(C)(C)C)NCCN1CCN(c2cccc(C)c2C)CC1.I. The van der Waals surface area contributed by atoms with E-state index in [1.807, 2.05) is 27.7 Å². The smallest absolute Gasteiger partial charge is 0.242 e. The van der Waals surface area contributed by atoms with Crippen molar-refractivity contribution in [3.05, 3.63) is 29.3 Å². The van der Waals surface area contributed by atoms with Gasteiger partial charge >= 0.3 is 0 Å². The minimum Gasteiger partial charge on any atom is -0.369 e. The van der Waals surface area contributed by atoms with E-state index in [0.717, 1.165) is 45.8 Å². The quantitative estimate of drug-likeness (QED) is 0.280. The Morgan fingerprint density at radius 1 is 1.10 bits per heavy atom. The van der Waals surface area contributed by atoms with Gasteiger partial charge in [0, 0.05) is 57.0 Å². The van der Waals surface area contributed by atoms with E-state index in [1.54, 1.807) is 0 Å². The lowest BCUT2D eigenvalue weighted by atomic mass is 10.1. The second-order valence-electron chi connectivity index (χ2n) is 8.97. The van der Waals surface area contributed by atoms with Crippen LogP contribution in [0.2, 0.25) is 0 Å². The summed E-state index contributed by atoms with van der Waals surface area (Å²) in [5.74, 6) is 0.623. The molecule has 0 atom stereocenters. The van der Waals surface area contributed by atoms with E-state index in [-0.39, 0.29) is 42.0 Å². The van der Waals surface area contributed by atoms with Crippen molar-refractivity contribution in [3.63, 3.8) is 0 Å². The van der Waals surface area contributed by atoms with Crippen LogP contribution in [0.25, 0.3) is 0 Å². The topological polar surface area (TPSA) is 72.0 Å². The van der Waals surface area contributed by atoms with E-state index in [0.29, 0.717) is 5.96 Å². The third-order valence-electron chi connectivity index (χ3n) is 5.25. The molecule has 176 valence electrons. The fourth-order valence-electron chi connectivity index (χ4n) is 3.57. The maximum atomic E-state index is 12.0. The lowest BCUT2D eigenvalue weighted by Gasteiger charge is -2.37. The molecule has 3 N–H and O–H groups in total. The molecule has 0 saturated carbocycles. The molecule has 0 radical (unpaired) electrons. The molecule has 1 amide bonds. The summed E-state index contributed by atoms with van der Waals surface area (Å²) in [6.45, 7) is 19.2. The van der Waals surface area contributed by atoms with Gasteiger partial charge in [0.15, 0.2) is 5.96 Å². The highest BCUT2D eigenvalue weighted by molar-refractivity contribution is 14.0. The Morgan fingerprint density at radius 2 is 1.77 bits per heavy atom. The Balaban J connectivity index is 0.00000480. The van der Waals surface area contributed by atoms with E-state index in [9.17, 15) is 4.79 Å². The molecule has 31 heavy (non-hydrogen) atoms. The number of rotatable bonds is 7. The number of nitrogens with one attached hydrogen (secondary N) is 3. The first-order valence-electron chi connectivity index (χ1n) is 11.1. The summed E-state index contributed by atoms with van der Waals surface area (Å²) in [5, 5.41) is 9.49. The van der Waals surface area contributed by atoms with E-state index in [2.05, 4.69) is 62.8 Å². The molecule has 1 fully saturated rings. The van der Waals surface area contributed by atoms with Gasteiger partial charge in [-0.3, -0.25) is 9.69 Å². The van der Waals surface area contributed by atoms with Crippen LogP contribution in [0.3, 0.4) is 0 Å². The number of carbonyl (C=O) groups excluding carboxylic acids is 1. The molecule has 0 aromatic heterocycles. The van der Waals surface area contributed by atoms with E-state index in [1.165, 1.54) is 16.8 Å². The number of aliphatic imine (C=N–C) groups is 1. The van der Waals surface area contributed by atoms with Crippen molar-refractivity contribution in [1.29, 1.82) is 0 Å². The molecule has 0 unspecified atom stereocenters. The van der Waals surface area contributed by atoms with E-state index in [4.69, 9.17) is 0 Å². The predicted molar refractivity (Wildman–Crippen MR) is 142 cm³/mol. The van der Waals surface area contributed by atoms with Crippen LogP contribution in [0, 0.1) is 13.8 Å². The summed E-state index contributed by atoms with van der Waals surface area (Å²) in [7, 11) is 0. The van der Waals surface area contributed by atoms with Crippen molar-refractivity contribution in [2.75, 3.05) is 57.3 Å². The summed E-state index contributed by atoms with van der Waals surface area (Å²) in [4.78, 5) is 21.4. The van der Waals surface area contributed by atoms with Crippen LogP contribution < -0.4 is 20.9 Å². The molecule has 0 aliphatic carbocycles. The molecular weight excluding hydrogens is 503 g/mol. The number of benzene rings is 1. The van der Waals surface area contributed by atoms with E-state index >= 15 is 0 Å². The molecule has 1 saturated heterocycles. The van der Waals surface area contributed by atoms with Gasteiger partial charge in [0.1, 0.15) is 6.54 Å². The summed E-state index contributed by atoms with van der Waals surface area (Å²) in [6, 6.07) is 6.56. The number of anilines is 1. The third-order valence-corrected chi connectivity index (χ3v) is 5.25. The van der Waals surface area contributed by atoms with Gasteiger partial charge in [-0.05, 0) is 58.7 Å². The first-order chi connectivity index (χ1) is 14.2. The fourth-order valence-corrected chi connectivity index (χ4v) is 3.57. The lowest BCUT2D eigenvalue weighted by molar-refractivity contribution is -0.121. The van der Waals surface area contributed by atoms with Gasteiger partial charge in [-0.1, -0.05) is 12.1 Å². The molecule has 1 aliphatic heterocycles. The highest BCUT2D eigenvalue weighted by Gasteiger charge is 2.18. The number of nitrogens with zero attached hydrogens (tertiary/aromatic N) is 3. The summed E-state index contributed by atoms with van der Waals surface area (Å²) in [6.07, 6.45) is 0. The molecule has 0 bridgehead atoms. The second kappa shape index (κ2) is 13.1. The molecule has 1 aromatic rings. The van der Waals surface area contributed by atoms with Crippen molar-refractivity contribution >= 4 is 41.5 Å². The first kappa shape index (κ1) is 27.5. The predicted octanol–water partition coefficient (Wildman–Crippen LogP) is 2.51. The standard InChI is InChI=1S/C23H40N6O.HI/c1-7-24-22(26-17-21(30)27-23(4,5)6)25-11-12-28-13-15-29(16-14-28)20-10-8-9-18(2)19(20)3;/h8-10H,7,11-17H2,1-6H3,(H,27,30)(H2,24,25,26);1H. The summed E-state index contributed by atoms with van der Waals surface area (Å²) < 4.78 is 0. The lowest BCUT2D eigenvalue weighted by Crippen LogP contribution is -2.49. The van der Waals surface area contributed by atoms with Crippen LogP contribution in [0.15, 0.2) is 23.2 Å². The monoisotopic (exact) mass is 544 g/mol. The number of guanidine groups is 1. The number of piperazine rings is 1. The van der Waals surface area contributed by atoms with Crippen molar-refractivity contribution in [2.45, 2.75) is 47.1 Å². The minimum absolute atomic E-state index is 0. The van der Waals surface area contributed by atoms with Crippen molar-refractivity contribution in [1.82, 2.24) is 20.9 Å². The zero-order chi connectivity index (χ0) is 22.1. The Kier molecular flexibility index (Phi) is 11.6. The number of hydrogen-bond acceptors (Lipinski definition) is 4. The van der Waals surface area contributed by atoms with Gasteiger partial charge in [-0.25, -0.2) is 4.99 Å². The van der Waals surface area contributed by atoms with Crippen LogP contribution >= 0.6 is 24.0 Å². The van der Waals surface area contributed by atoms with Crippen molar-refractivity contribution in [2.24, 2.45) is 4.99 Å². The minimum atomic E-state index is -0.239. The van der Waals surface area contributed by atoms with Crippen LogP contribution in [0.4, 0.5) is 5.69 Å². The second-order valence-corrected chi connectivity index (χ2v) is 8.97. The van der Waals surface area contributed by atoms with Crippen LogP contribution in [0.5, 0.6) is 0 Å².